The number of esters is 1. The first-order valence-electron chi connectivity index (χ1n) is 13.6. The number of aromatic hydroxyl groups is 2. The number of fused-ring (bicyclic) bond motifs is 5. The third-order valence-electron chi connectivity index (χ3n) is 7.94. The van der Waals surface area contributed by atoms with E-state index in [1.54, 1.807) is 40.8 Å². The Morgan fingerprint density at radius 2 is 1.95 bits per heavy atom. The number of likely N-dealkylation sites (N-methyl/N-ethyl adjacent to an activating group) is 1. The van der Waals surface area contributed by atoms with Crippen LogP contribution in [0.25, 0.3) is 11.1 Å². The quantitative estimate of drug-likeness (QED) is 0.179. The van der Waals surface area contributed by atoms with Gasteiger partial charge < -0.3 is 34.5 Å². The molecular weight excluding hydrogens is 562 g/mol. The molecule has 2 bridgehead atoms. The molecule has 0 fully saturated rings. The summed E-state index contributed by atoms with van der Waals surface area (Å²) in [5.41, 5.74) is 7.03. The number of phenols is 2. The minimum atomic E-state index is -0.439. The van der Waals surface area contributed by atoms with Crippen molar-refractivity contribution in [2.75, 3.05) is 39.7 Å². The van der Waals surface area contributed by atoms with Crippen molar-refractivity contribution in [3.63, 3.8) is 0 Å². The summed E-state index contributed by atoms with van der Waals surface area (Å²) in [5.74, 6) is 3.17. The molecule has 0 saturated heterocycles. The van der Waals surface area contributed by atoms with Crippen LogP contribution in [0.15, 0.2) is 36.4 Å². The van der Waals surface area contributed by atoms with Gasteiger partial charge in [-0.3, -0.25) is 4.79 Å². The Balaban J connectivity index is 1.52. The van der Waals surface area contributed by atoms with E-state index in [0.717, 1.165) is 56.9 Å². The molecule has 0 radical (unpaired) electrons. The minimum Gasteiger partial charge on any atom is -0.508 e. The highest BCUT2D eigenvalue weighted by molar-refractivity contribution is 8.76. The molecule has 3 aromatic rings. The number of phenolic OH excluding ortho intramolecular Hbond substituents is 2. The number of carbonyl (C=O) groups is 1. The van der Waals surface area contributed by atoms with Crippen molar-refractivity contribution in [1.29, 1.82) is 0 Å². The molecule has 2 heterocycles. The van der Waals surface area contributed by atoms with Crippen LogP contribution in [-0.2, 0) is 21.7 Å². The molecule has 8 nitrogen and oxygen atoms in total. The number of benzene rings is 3. The van der Waals surface area contributed by atoms with E-state index in [1.807, 2.05) is 19.2 Å². The van der Waals surface area contributed by atoms with Crippen LogP contribution in [0.1, 0.15) is 52.7 Å². The molecule has 3 atom stereocenters. The molecule has 3 N–H and O–H groups in total. The average molecular weight is 596 g/mol. The average Bonchev–Trinajstić information content (AvgIpc) is 3.31. The van der Waals surface area contributed by atoms with Gasteiger partial charge in [0.1, 0.15) is 36.6 Å². The van der Waals surface area contributed by atoms with Gasteiger partial charge >= 0.3 is 5.97 Å². The molecule has 1 aliphatic carbocycles. The highest BCUT2D eigenvalue weighted by Crippen LogP contribution is 2.58. The Bertz CT molecular complexity index is 1490. The lowest BCUT2D eigenvalue weighted by atomic mass is 9.77. The Labute approximate surface area is 247 Å². The lowest BCUT2D eigenvalue weighted by Gasteiger charge is -2.30. The first kappa shape index (κ1) is 27.9. The van der Waals surface area contributed by atoms with Crippen molar-refractivity contribution in [2.24, 2.45) is 0 Å². The first-order chi connectivity index (χ1) is 19.9. The molecule has 0 saturated carbocycles. The maximum absolute atomic E-state index is 11.9. The van der Waals surface area contributed by atoms with Crippen LogP contribution < -0.4 is 19.5 Å². The van der Waals surface area contributed by atoms with E-state index in [2.05, 4.69) is 17.4 Å². The zero-order valence-electron chi connectivity index (χ0n) is 23.2. The predicted octanol–water partition coefficient (Wildman–Crippen LogP) is 5.69. The van der Waals surface area contributed by atoms with Crippen molar-refractivity contribution in [1.82, 2.24) is 5.32 Å². The Morgan fingerprint density at radius 3 is 2.73 bits per heavy atom. The lowest BCUT2D eigenvalue weighted by molar-refractivity contribution is -0.141. The van der Waals surface area contributed by atoms with Crippen LogP contribution >= 0.6 is 21.6 Å². The van der Waals surface area contributed by atoms with Gasteiger partial charge in [0.05, 0.1) is 13.0 Å². The number of ether oxygens (including phenoxy) is 4. The summed E-state index contributed by atoms with van der Waals surface area (Å²) >= 11 is 0. The molecule has 3 unspecified atom stereocenters. The smallest absolute Gasteiger partial charge is 0.302 e. The van der Waals surface area contributed by atoms with Crippen molar-refractivity contribution >= 4 is 27.6 Å². The number of hydrogen-bond donors (Lipinski definition) is 3. The minimum absolute atomic E-state index is 0.0912. The van der Waals surface area contributed by atoms with E-state index in [0.29, 0.717) is 30.4 Å². The van der Waals surface area contributed by atoms with E-state index < -0.39 is 6.10 Å². The van der Waals surface area contributed by atoms with Crippen molar-refractivity contribution < 1.29 is 34.0 Å². The summed E-state index contributed by atoms with van der Waals surface area (Å²) in [7, 11) is 7.00. The summed E-state index contributed by atoms with van der Waals surface area (Å²) in [6.07, 6.45) is 0.294. The van der Waals surface area contributed by atoms with E-state index in [9.17, 15) is 15.0 Å². The van der Waals surface area contributed by atoms with E-state index in [1.165, 1.54) is 6.92 Å². The van der Waals surface area contributed by atoms with Crippen LogP contribution in [0.5, 0.6) is 28.7 Å². The molecule has 2 aliphatic heterocycles. The normalized spacial score (nSPS) is 20.2. The van der Waals surface area contributed by atoms with Gasteiger partial charge in [0, 0.05) is 59.2 Å². The Kier molecular flexibility index (Phi) is 7.89. The standard InChI is InChI=1S/C31H33NO7S2/c1-16(33)38-13-24-21-4-5-22-28-17(9-20(34)11-27(28)36-3)8-19-15-41-40-14-18-10-25(35)26(37-7-6-32-2)12-23(18)30(24)39-31(21)29(19)22/h4-5,9-12,19,24,30,32,34-35H,6-8,13-15H2,1-3H3. The van der Waals surface area contributed by atoms with Crippen LogP contribution in [-0.4, -0.2) is 55.9 Å². The summed E-state index contributed by atoms with van der Waals surface area (Å²) < 4.78 is 24.2. The van der Waals surface area contributed by atoms with Gasteiger partial charge in [0.15, 0.2) is 11.5 Å². The number of nitrogens with one attached hydrogen (secondary N) is 1. The number of carbonyl (C=O) groups excluding carboxylic acids is 1. The highest BCUT2D eigenvalue weighted by atomic mass is 33.1. The third kappa shape index (κ3) is 5.17. The lowest BCUT2D eigenvalue weighted by Crippen LogP contribution is -2.19. The second-order valence-corrected chi connectivity index (χ2v) is 13.0. The van der Waals surface area contributed by atoms with Crippen LogP contribution in [0.3, 0.4) is 0 Å². The number of methoxy groups -OCH3 is 1. The Morgan fingerprint density at radius 1 is 1.10 bits per heavy atom. The summed E-state index contributed by atoms with van der Waals surface area (Å²) in [6.45, 7) is 2.63. The number of rotatable bonds is 7. The summed E-state index contributed by atoms with van der Waals surface area (Å²) in [5, 5.41) is 24.3. The van der Waals surface area contributed by atoms with Gasteiger partial charge in [-0.2, -0.15) is 0 Å². The fourth-order valence-corrected chi connectivity index (χ4v) is 8.54. The monoisotopic (exact) mass is 595 g/mol. The zero-order valence-corrected chi connectivity index (χ0v) is 24.8. The van der Waals surface area contributed by atoms with Crippen LogP contribution in [0.4, 0.5) is 0 Å². The molecule has 0 spiro atoms. The molecule has 3 aliphatic rings. The number of hydrogen-bond acceptors (Lipinski definition) is 10. The summed E-state index contributed by atoms with van der Waals surface area (Å²) in [4.78, 5) is 11.9. The molecule has 3 aromatic carbocycles. The summed E-state index contributed by atoms with van der Waals surface area (Å²) in [6, 6.07) is 11.3. The van der Waals surface area contributed by atoms with Crippen molar-refractivity contribution in [3.8, 4) is 39.9 Å². The first-order valence-corrected chi connectivity index (χ1v) is 16.1. The second-order valence-electron chi connectivity index (χ2n) is 10.5. The van der Waals surface area contributed by atoms with Crippen LogP contribution in [0.2, 0.25) is 0 Å². The van der Waals surface area contributed by atoms with Gasteiger partial charge in [0.2, 0.25) is 0 Å². The third-order valence-corrected chi connectivity index (χ3v) is 10.3. The van der Waals surface area contributed by atoms with Gasteiger partial charge in [-0.1, -0.05) is 33.7 Å². The van der Waals surface area contributed by atoms with Crippen LogP contribution in [0, 0.1) is 0 Å². The van der Waals surface area contributed by atoms with E-state index in [4.69, 9.17) is 18.9 Å². The fraction of sp³-hybridized carbons (Fsp3) is 0.387. The molecule has 0 amide bonds. The van der Waals surface area contributed by atoms with Crippen molar-refractivity contribution in [3.05, 3.63) is 64.2 Å². The second kappa shape index (κ2) is 11.6. The maximum Gasteiger partial charge on any atom is 0.302 e. The fourth-order valence-electron chi connectivity index (χ4n) is 6.13. The Hall–Kier alpha value is -3.21. The molecule has 41 heavy (non-hydrogen) atoms. The highest BCUT2D eigenvalue weighted by Gasteiger charge is 2.43. The molecular formula is C31H33NO7S2. The van der Waals surface area contributed by atoms with E-state index in [-0.39, 0.29) is 35.9 Å². The molecule has 10 heteroatoms. The molecule has 6 rings (SSSR count). The van der Waals surface area contributed by atoms with Gasteiger partial charge in [-0.15, -0.1) is 0 Å². The SMILES string of the molecule is CNCCOc1cc2c(cc1O)CSSCC1Cc3cc(O)cc(OC)c3-c3ccc4c(c31)OC2C4COC(C)=O. The van der Waals surface area contributed by atoms with Gasteiger partial charge in [-0.25, -0.2) is 0 Å². The maximum atomic E-state index is 11.9. The van der Waals surface area contributed by atoms with Gasteiger partial charge in [0.25, 0.3) is 0 Å². The topological polar surface area (TPSA) is 106 Å². The molecule has 0 aromatic heterocycles. The van der Waals surface area contributed by atoms with E-state index >= 15 is 0 Å². The predicted molar refractivity (Wildman–Crippen MR) is 161 cm³/mol. The van der Waals surface area contributed by atoms with Gasteiger partial charge in [-0.05, 0) is 48.4 Å². The molecule has 216 valence electrons. The zero-order chi connectivity index (χ0) is 28.7. The van der Waals surface area contributed by atoms with Crippen molar-refractivity contribution in [2.45, 2.75) is 37.0 Å². The largest absolute Gasteiger partial charge is 0.508 e.